The van der Waals surface area contributed by atoms with Crippen LogP contribution < -0.4 is 4.74 Å². The van der Waals surface area contributed by atoms with Crippen molar-refractivity contribution in [1.29, 1.82) is 0 Å². The van der Waals surface area contributed by atoms with Gasteiger partial charge in [0, 0.05) is 0 Å². The Labute approximate surface area is 119 Å². The number of hydrogen-bond acceptors (Lipinski definition) is 3. The summed E-state index contributed by atoms with van der Waals surface area (Å²) in [5.41, 5.74) is 1.72. The van der Waals surface area contributed by atoms with E-state index in [0.29, 0.717) is 12.2 Å². The molecule has 20 heavy (non-hydrogen) atoms. The summed E-state index contributed by atoms with van der Waals surface area (Å²) in [4.78, 5) is 0. The first-order valence-electron chi connectivity index (χ1n) is 6.84. The second kappa shape index (κ2) is 7.08. The molecule has 0 radical (unpaired) electrons. The van der Waals surface area contributed by atoms with Gasteiger partial charge in [0.2, 0.25) is 0 Å². The third kappa shape index (κ3) is 3.83. The molecule has 0 amide bonds. The fraction of sp³-hybridized carbons (Fsp3) is 0.294. The van der Waals surface area contributed by atoms with Gasteiger partial charge in [0.15, 0.2) is 0 Å². The van der Waals surface area contributed by atoms with Gasteiger partial charge in [0.1, 0.15) is 18.5 Å². The van der Waals surface area contributed by atoms with Crippen molar-refractivity contribution < 1.29 is 14.9 Å². The second-order valence-electron chi connectivity index (χ2n) is 4.73. The second-order valence-corrected chi connectivity index (χ2v) is 4.73. The Morgan fingerprint density at radius 1 is 0.850 bits per heavy atom. The summed E-state index contributed by atoms with van der Waals surface area (Å²) >= 11 is 0. The molecule has 0 fully saturated rings. The van der Waals surface area contributed by atoms with Crippen LogP contribution in [0.15, 0.2) is 54.6 Å². The maximum atomic E-state index is 10.00. The Morgan fingerprint density at radius 3 is 2.05 bits per heavy atom. The smallest absolute Gasteiger partial charge is 0.119 e. The normalized spacial score (nSPS) is 13.8. The Bertz CT molecular complexity index is 508. The van der Waals surface area contributed by atoms with Crippen molar-refractivity contribution >= 4 is 0 Å². The number of benzene rings is 2. The molecule has 1 unspecified atom stereocenters. The molecule has 0 saturated carbocycles. The zero-order valence-corrected chi connectivity index (χ0v) is 11.6. The summed E-state index contributed by atoms with van der Waals surface area (Å²) in [5.74, 6) is 0.687. The monoisotopic (exact) mass is 272 g/mol. The average Bonchev–Trinajstić information content (AvgIpc) is 2.53. The molecule has 2 atom stereocenters. The van der Waals surface area contributed by atoms with Gasteiger partial charge in [-0.15, -0.1) is 0 Å². The molecule has 0 aliphatic carbocycles. The van der Waals surface area contributed by atoms with Gasteiger partial charge >= 0.3 is 0 Å². The van der Waals surface area contributed by atoms with Crippen LogP contribution in [0, 0.1) is 0 Å². The van der Waals surface area contributed by atoms with E-state index in [2.05, 4.69) is 0 Å². The largest absolute Gasteiger partial charge is 0.491 e. The van der Waals surface area contributed by atoms with Crippen molar-refractivity contribution in [3.63, 3.8) is 0 Å². The summed E-state index contributed by atoms with van der Waals surface area (Å²) in [6.07, 6.45) is -0.386. The minimum Gasteiger partial charge on any atom is -0.491 e. The van der Waals surface area contributed by atoms with E-state index in [1.807, 2.05) is 61.5 Å². The van der Waals surface area contributed by atoms with Gasteiger partial charge in [-0.05, 0) is 29.7 Å². The van der Waals surface area contributed by atoms with Crippen molar-refractivity contribution in [2.45, 2.75) is 25.6 Å². The van der Waals surface area contributed by atoms with Crippen LogP contribution in [0.25, 0.3) is 0 Å². The Balaban J connectivity index is 1.91. The molecule has 0 aromatic heterocycles. The summed E-state index contributed by atoms with van der Waals surface area (Å²) in [5, 5.41) is 19.7. The lowest BCUT2D eigenvalue weighted by atomic mass is 10.1. The van der Waals surface area contributed by atoms with Crippen molar-refractivity contribution in [1.82, 2.24) is 0 Å². The van der Waals surface area contributed by atoms with Crippen LogP contribution in [-0.4, -0.2) is 16.8 Å². The van der Waals surface area contributed by atoms with Crippen LogP contribution in [-0.2, 0) is 0 Å². The number of hydrogen-bond donors (Lipinski definition) is 2. The summed E-state index contributed by atoms with van der Waals surface area (Å²) in [6, 6.07) is 16.7. The number of aliphatic hydroxyl groups is 2. The van der Waals surface area contributed by atoms with E-state index in [1.165, 1.54) is 0 Å². The van der Waals surface area contributed by atoms with E-state index in [9.17, 15) is 10.2 Å². The van der Waals surface area contributed by atoms with Gasteiger partial charge in [-0.3, -0.25) is 0 Å². The average molecular weight is 272 g/mol. The van der Waals surface area contributed by atoms with Gasteiger partial charge in [0.25, 0.3) is 0 Å². The lowest BCUT2D eigenvalue weighted by molar-refractivity contribution is 0.108. The molecule has 0 aliphatic heterocycles. The van der Waals surface area contributed by atoms with E-state index < -0.39 is 12.2 Å². The van der Waals surface area contributed by atoms with Gasteiger partial charge in [-0.1, -0.05) is 49.4 Å². The summed E-state index contributed by atoms with van der Waals surface area (Å²) in [6.45, 7) is 2.14. The van der Waals surface area contributed by atoms with E-state index in [-0.39, 0.29) is 6.61 Å². The fourth-order valence-corrected chi connectivity index (χ4v) is 1.97. The topological polar surface area (TPSA) is 49.7 Å². The highest BCUT2D eigenvalue weighted by Crippen LogP contribution is 2.21. The maximum Gasteiger partial charge on any atom is 0.119 e. The highest BCUT2D eigenvalue weighted by atomic mass is 16.5. The zero-order valence-electron chi connectivity index (χ0n) is 11.6. The predicted molar refractivity (Wildman–Crippen MR) is 78.6 cm³/mol. The molecular formula is C17H20O3. The zero-order chi connectivity index (χ0) is 14.4. The molecule has 2 N–H and O–H groups in total. The highest BCUT2D eigenvalue weighted by molar-refractivity contribution is 5.28. The Kier molecular flexibility index (Phi) is 5.16. The van der Waals surface area contributed by atoms with Crippen molar-refractivity contribution in [3.8, 4) is 5.75 Å². The molecule has 0 aliphatic rings. The fourth-order valence-electron chi connectivity index (χ4n) is 1.97. The highest BCUT2D eigenvalue weighted by Gasteiger charge is 2.08. The van der Waals surface area contributed by atoms with Crippen LogP contribution in [0.3, 0.4) is 0 Å². The molecule has 0 saturated heterocycles. The molecule has 2 aromatic rings. The first-order valence-corrected chi connectivity index (χ1v) is 6.84. The third-order valence-electron chi connectivity index (χ3n) is 3.24. The number of rotatable bonds is 6. The minimum atomic E-state index is -0.642. The third-order valence-corrected chi connectivity index (χ3v) is 3.24. The lowest BCUT2D eigenvalue weighted by Gasteiger charge is -2.13. The van der Waals surface area contributed by atoms with Gasteiger partial charge in [0.05, 0.1) is 6.10 Å². The molecule has 3 nitrogen and oxygen atoms in total. The quantitative estimate of drug-likeness (QED) is 0.848. The molecule has 2 aromatic carbocycles. The van der Waals surface area contributed by atoms with E-state index in [0.717, 1.165) is 11.1 Å². The van der Waals surface area contributed by atoms with Crippen molar-refractivity contribution in [2.24, 2.45) is 0 Å². The molecule has 2 rings (SSSR count). The molecular weight excluding hydrogens is 252 g/mol. The van der Waals surface area contributed by atoms with Crippen LogP contribution in [0.4, 0.5) is 0 Å². The SMILES string of the molecule is CC[C@H](O)c1ccc(OCC(O)c2ccccc2)cc1. The van der Waals surface area contributed by atoms with Crippen LogP contribution >= 0.6 is 0 Å². The molecule has 3 heteroatoms. The molecule has 0 heterocycles. The van der Waals surface area contributed by atoms with Crippen LogP contribution in [0.5, 0.6) is 5.75 Å². The standard InChI is InChI=1S/C17H20O3/c1-2-16(18)14-8-10-15(11-9-14)20-12-17(19)13-6-4-3-5-7-13/h3-11,16-19H,2,12H2,1H3/t16-,17?/m0/s1. The van der Waals surface area contributed by atoms with E-state index in [1.54, 1.807) is 0 Å². The number of aliphatic hydroxyl groups excluding tert-OH is 2. The van der Waals surface area contributed by atoms with Gasteiger partial charge in [-0.2, -0.15) is 0 Å². The lowest BCUT2D eigenvalue weighted by Crippen LogP contribution is -2.09. The summed E-state index contributed by atoms with van der Waals surface area (Å²) < 4.78 is 5.56. The number of ether oxygens (including phenoxy) is 1. The predicted octanol–water partition coefficient (Wildman–Crippen LogP) is 3.24. The first-order chi connectivity index (χ1) is 9.70. The van der Waals surface area contributed by atoms with Crippen molar-refractivity contribution in [3.05, 3.63) is 65.7 Å². The van der Waals surface area contributed by atoms with Gasteiger partial charge < -0.3 is 14.9 Å². The van der Waals surface area contributed by atoms with Crippen molar-refractivity contribution in [2.75, 3.05) is 6.61 Å². The minimum absolute atomic E-state index is 0.208. The molecule has 106 valence electrons. The maximum absolute atomic E-state index is 10.00. The summed E-state index contributed by atoms with van der Waals surface area (Å²) in [7, 11) is 0. The van der Waals surface area contributed by atoms with E-state index >= 15 is 0 Å². The first kappa shape index (κ1) is 14.6. The molecule has 0 bridgehead atoms. The molecule has 0 spiro atoms. The van der Waals surface area contributed by atoms with E-state index in [4.69, 9.17) is 4.74 Å². The van der Waals surface area contributed by atoms with Crippen LogP contribution in [0.1, 0.15) is 36.7 Å². The van der Waals surface area contributed by atoms with Gasteiger partial charge in [-0.25, -0.2) is 0 Å². The van der Waals surface area contributed by atoms with Crippen LogP contribution in [0.2, 0.25) is 0 Å². The Hall–Kier alpha value is -1.84. The Morgan fingerprint density at radius 2 is 1.45 bits per heavy atom.